The normalized spacial score (nSPS) is 19.3. The van der Waals surface area contributed by atoms with E-state index >= 15 is 0 Å². The monoisotopic (exact) mass is 288 g/mol. The maximum Gasteiger partial charge on any atom is 0.0499 e. The SMILES string of the molecule is CC(C)CCN(C1CCCC1)C(c1ccccc1)C(C)N. The highest BCUT2D eigenvalue weighted by Crippen LogP contribution is 2.33. The molecule has 1 aliphatic rings. The molecule has 0 amide bonds. The highest BCUT2D eigenvalue weighted by Gasteiger charge is 2.31. The molecule has 0 heterocycles. The van der Waals surface area contributed by atoms with Gasteiger partial charge in [-0.1, -0.05) is 57.0 Å². The van der Waals surface area contributed by atoms with Gasteiger partial charge in [0.25, 0.3) is 0 Å². The molecule has 1 fully saturated rings. The van der Waals surface area contributed by atoms with Crippen LogP contribution >= 0.6 is 0 Å². The van der Waals surface area contributed by atoms with Crippen molar-refractivity contribution in [1.82, 2.24) is 4.90 Å². The molecule has 2 heteroatoms. The molecule has 2 N–H and O–H groups in total. The number of hydrogen-bond acceptors (Lipinski definition) is 2. The first-order chi connectivity index (χ1) is 10.1. The van der Waals surface area contributed by atoms with Gasteiger partial charge in [-0.25, -0.2) is 0 Å². The molecule has 1 aromatic carbocycles. The molecule has 0 saturated heterocycles. The van der Waals surface area contributed by atoms with Gasteiger partial charge >= 0.3 is 0 Å². The summed E-state index contributed by atoms with van der Waals surface area (Å²) >= 11 is 0. The predicted octanol–water partition coefficient (Wildman–Crippen LogP) is 4.37. The molecule has 0 radical (unpaired) electrons. The molecule has 118 valence electrons. The van der Waals surface area contributed by atoms with Crippen LogP contribution in [-0.4, -0.2) is 23.5 Å². The molecule has 2 unspecified atom stereocenters. The maximum absolute atomic E-state index is 6.40. The average molecular weight is 288 g/mol. The van der Waals surface area contributed by atoms with Crippen molar-refractivity contribution in [3.8, 4) is 0 Å². The lowest BCUT2D eigenvalue weighted by Crippen LogP contribution is -2.45. The third-order valence-corrected chi connectivity index (χ3v) is 4.75. The fraction of sp³-hybridized carbons (Fsp3) is 0.684. The van der Waals surface area contributed by atoms with Crippen LogP contribution in [0.15, 0.2) is 30.3 Å². The molecule has 0 bridgehead atoms. The Morgan fingerprint density at radius 3 is 2.24 bits per heavy atom. The molecular weight excluding hydrogens is 256 g/mol. The standard InChI is InChI=1S/C19H32N2/c1-15(2)13-14-21(18-11-7-8-12-18)19(16(3)20)17-9-5-4-6-10-17/h4-6,9-10,15-16,18-19H,7-8,11-14,20H2,1-3H3. The summed E-state index contributed by atoms with van der Waals surface area (Å²) in [7, 11) is 0. The summed E-state index contributed by atoms with van der Waals surface area (Å²) in [6.45, 7) is 7.96. The van der Waals surface area contributed by atoms with E-state index in [2.05, 4.69) is 56.0 Å². The van der Waals surface area contributed by atoms with Gasteiger partial charge in [0, 0.05) is 18.1 Å². The molecule has 1 aliphatic carbocycles. The molecule has 2 rings (SSSR count). The van der Waals surface area contributed by atoms with Gasteiger partial charge in [-0.15, -0.1) is 0 Å². The quantitative estimate of drug-likeness (QED) is 0.807. The predicted molar refractivity (Wildman–Crippen MR) is 91.2 cm³/mol. The minimum Gasteiger partial charge on any atom is -0.326 e. The van der Waals surface area contributed by atoms with E-state index < -0.39 is 0 Å². The fourth-order valence-corrected chi connectivity index (χ4v) is 3.64. The van der Waals surface area contributed by atoms with Crippen molar-refractivity contribution in [3.05, 3.63) is 35.9 Å². The van der Waals surface area contributed by atoms with E-state index in [1.165, 1.54) is 44.2 Å². The zero-order valence-electron chi connectivity index (χ0n) is 14.0. The van der Waals surface area contributed by atoms with E-state index in [1.807, 2.05) is 0 Å². The molecular formula is C19H32N2. The van der Waals surface area contributed by atoms with Gasteiger partial charge in [-0.3, -0.25) is 4.90 Å². The Morgan fingerprint density at radius 1 is 1.10 bits per heavy atom. The summed E-state index contributed by atoms with van der Waals surface area (Å²) in [5.41, 5.74) is 7.78. The lowest BCUT2D eigenvalue weighted by Gasteiger charge is -2.39. The summed E-state index contributed by atoms with van der Waals surface area (Å²) in [6.07, 6.45) is 6.70. The Labute approximate surface area is 130 Å². The molecule has 0 aromatic heterocycles. The van der Waals surface area contributed by atoms with E-state index in [0.29, 0.717) is 6.04 Å². The largest absolute Gasteiger partial charge is 0.326 e. The molecule has 2 nitrogen and oxygen atoms in total. The number of nitrogens with zero attached hydrogens (tertiary/aromatic N) is 1. The van der Waals surface area contributed by atoms with Crippen molar-refractivity contribution in [3.63, 3.8) is 0 Å². The maximum atomic E-state index is 6.40. The van der Waals surface area contributed by atoms with Gasteiger partial charge in [0.05, 0.1) is 0 Å². The number of nitrogens with two attached hydrogens (primary N) is 1. The first-order valence-corrected chi connectivity index (χ1v) is 8.66. The van der Waals surface area contributed by atoms with Crippen LogP contribution in [0.5, 0.6) is 0 Å². The highest BCUT2D eigenvalue weighted by atomic mass is 15.2. The first-order valence-electron chi connectivity index (χ1n) is 8.66. The number of benzene rings is 1. The zero-order chi connectivity index (χ0) is 15.2. The van der Waals surface area contributed by atoms with Crippen molar-refractivity contribution in [2.75, 3.05) is 6.54 Å². The second kappa shape index (κ2) is 7.95. The van der Waals surface area contributed by atoms with E-state index in [-0.39, 0.29) is 6.04 Å². The van der Waals surface area contributed by atoms with E-state index in [9.17, 15) is 0 Å². The van der Waals surface area contributed by atoms with E-state index in [4.69, 9.17) is 5.73 Å². The van der Waals surface area contributed by atoms with Crippen molar-refractivity contribution >= 4 is 0 Å². The van der Waals surface area contributed by atoms with E-state index in [0.717, 1.165) is 12.0 Å². The lowest BCUT2D eigenvalue weighted by molar-refractivity contribution is 0.112. The molecule has 0 spiro atoms. The first kappa shape index (κ1) is 16.5. The van der Waals surface area contributed by atoms with Gasteiger partial charge in [0.2, 0.25) is 0 Å². The Balaban J connectivity index is 2.21. The summed E-state index contributed by atoms with van der Waals surface area (Å²) in [5.74, 6) is 0.749. The number of rotatable bonds is 7. The summed E-state index contributed by atoms with van der Waals surface area (Å²) < 4.78 is 0. The molecule has 0 aliphatic heterocycles. The highest BCUT2D eigenvalue weighted by molar-refractivity contribution is 5.21. The second-order valence-corrected chi connectivity index (χ2v) is 7.07. The second-order valence-electron chi connectivity index (χ2n) is 7.07. The lowest BCUT2D eigenvalue weighted by atomic mass is 9.96. The van der Waals surface area contributed by atoms with Crippen LogP contribution in [0.2, 0.25) is 0 Å². The summed E-state index contributed by atoms with van der Waals surface area (Å²) in [5, 5.41) is 0. The molecule has 21 heavy (non-hydrogen) atoms. The molecule has 1 aromatic rings. The Morgan fingerprint density at radius 2 is 1.71 bits per heavy atom. The minimum atomic E-state index is 0.167. The Hall–Kier alpha value is -0.860. The van der Waals surface area contributed by atoms with Crippen molar-refractivity contribution < 1.29 is 0 Å². The summed E-state index contributed by atoms with van der Waals surface area (Å²) in [4.78, 5) is 2.72. The van der Waals surface area contributed by atoms with Crippen LogP contribution in [-0.2, 0) is 0 Å². The van der Waals surface area contributed by atoms with E-state index in [1.54, 1.807) is 0 Å². The van der Waals surface area contributed by atoms with Crippen LogP contribution < -0.4 is 5.73 Å². The molecule has 1 saturated carbocycles. The van der Waals surface area contributed by atoms with Crippen molar-refractivity contribution in [2.45, 2.75) is 71.0 Å². The van der Waals surface area contributed by atoms with Gasteiger partial charge in [0.15, 0.2) is 0 Å². The van der Waals surface area contributed by atoms with Gasteiger partial charge in [-0.05, 0) is 44.2 Å². The van der Waals surface area contributed by atoms with Crippen LogP contribution in [0, 0.1) is 5.92 Å². The van der Waals surface area contributed by atoms with Gasteiger partial charge in [0.1, 0.15) is 0 Å². The number of hydrogen-bond donors (Lipinski definition) is 1. The Kier molecular flexibility index (Phi) is 6.25. The van der Waals surface area contributed by atoms with Gasteiger partial charge < -0.3 is 5.73 Å². The smallest absolute Gasteiger partial charge is 0.0499 e. The third-order valence-electron chi connectivity index (χ3n) is 4.75. The van der Waals surface area contributed by atoms with Crippen LogP contribution in [0.25, 0.3) is 0 Å². The van der Waals surface area contributed by atoms with Crippen molar-refractivity contribution in [2.24, 2.45) is 11.7 Å². The summed E-state index contributed by atoms with van der Waals surface area (Å²) in [6, 6.07) is 12.1. The topological polar surface area (TPSA) is 29.3 Å². The fourth-order valence-electron chi connectivity index (χ4n) is 3.64. The van der Waals surface area contributed by atoms with Crippen molar-refractivity contribution in [1.29, 1.82) is 0 Å². The van der Waals surface area contributed by atoms with Crippen LogP contribution in [0.4, 0.5) is 0 Å². The third kappa shape index (κ3) is 4.55. The average Bonchev–Trinajstić information content (AvgIpc) is 2.97. The molecule has 2 atom stereocenters. The zero-order valence-corrected chi connectivity index (χ0v) is 14.0. The van der Waals surface area contributed by atoms with Crippen LogP contribution in [0.3, 0.4) is 0 Å². The Bertz CT molecular complexity index is 393. The van der Waals surface area contributed by atoms with Gasteiger partial charge in [-0.2, -0.15) is 0 Å². The minimum absolute atomic E-state index is 0.167. The van der Waals surface area contributed by atoms with Crippen LogP contribution in [0.1, 0.15) is 64.5 Å².